The van der Waals surface area contributed by atoms with Gasteiger partial charge in [0.05, 0.1) is 12.0 Å². The second-order valence-corrected chi connectivity index (χ2v) is 5.07. The lowest BCUT2D eigenvalue weighted by Gasteiger charge is -2.22. The molecule has 1 rings (SSSR count). The van der Waals surface area contributed by atoms with Crippen LogP contribution in [0.4, 0.5) is 0 Å². The van der Waals surface area contributed by atoms with Crippen LogP contribution in [0.1, 0.15) is 39.5 Å². The Hall–Kier alpha value is -0.610. The smallest absolute Gasteiger partial charge is 0.222 e. The SMILES string of the molecule is COC(C)(C)CC(=O)NCCC1CCCN1. The predicted molar refractivity (Wildman–Crippen MR) is 64.4 cm³/mol. The topological polar surface area (TPSA) is 50.4 Å². The molecule has 94 valence electrons. The number of hydrogen-bond donors (Lipinski definition) is 2. The molecule has 1 fully saturated rings. The predicted octanol–water partition coefficient (Wildman–Crippen LogP) is 1.06. The minimum absolute atomic E-state index is 0.0739. The number of carbonyl (C=O) groups excluding carboxylic acids is 1. The monoisotopic (exact) mass is 228 g/mol. The number of hydrogen-bond acceptors (Lipinski definition) is 3. The van der Waals surface area contributed by atoms with Gasteiger partial charge in [0, 0.05) is 19.7 Å². The van der Waals surface area contributed by atoms with E-state index < -0.39 is 0 Å². The van der Waals surface area contributed by atoms with Crippen molar-refractivity contribution in [3.8, 4) is 0 Å². The van der Waals surface area contributed by atoms with E-state index in [0.717, 1.165) is 19.5 Å². The van der Waals surface area contributed by atoms with E-state index in [1.165, 1.54) is 12.8 Å². The van der Waals surface area contributed by atoms with E-state index in [4.69, 9.17) is 4.74 Å². The number of methoxy groups -OCH3 is 1. The third-order valence-electron chi connectivity index (χ3n) is 3.12. The van der Waals surface area contributed by atoms with E-state index in [2.05, 4.69) is 10.6 Å². The van der Waals surface area contributed by atoms with E-state index in [-0.39, 0.29) is 11.5 Å². The van der Waals surface area contributed by atoms with Crippen molar-refractivity contribution in [2.45, 2.75) is 51.2 Å². The Morgan fingerprint density at radius 1 is 1.56 bits per heavy atom. The van der Waals surface area contributed by atoms with Crippen LogP contribution in [-0.4, -0.2) is 37.7 Å². The third-order valence-corrected chi connectivity index (χ3v) is 3.12. The van der Waals surface area contributed by atoms with Gasteiger partial charge in [-0.1, -0.05) is 0 Å². The molecular formula is C12H24N2O2. The summed E-state index contributed by atoms with van der Waals surface area (Å²) < 4.78 is 5.21. The van der Waals surface area contributed by atoms with Crippen molar-refractivity contribution in [3.63, 3.8) is 0 Å². The molecular weight excluding hydrogens is 204 g/mol. The maximum absolute atomic E-state index is 11.6. The molecule has 1 atom stereocenters. The summed E-state index contributed by atoms with van der Waals surface area (Å²) in [5.41, 5.74) is -0.365. The lowest BCUT2D eigenvalue weighted by atomic mass is 10.0. The highest BCUT2D eigenvalue weighted by Gasteiger charge is 2.21. The second kappa shape index (κ2) is 6.21. The number of ether oxygens (including phenoxy) is 1. The maximum atomic E-state index is 11.6. The highest BCUT2D eigenvalue weighted by Crippen LogP contribution is 2.12. The summed E-state index contributed by atoms with van der Waals surface area (Å²) in [6.07, 6.45) is 3.94. The highest BCUT2D eigenvalue weighted by molar-refractivity contribution is 5.76. The summed E-state index contributed by atoms with van der Waals surface area (Å²) in [7, 11) is 1.63. The van der Waals surface area contributed by atoms with Crippen LogP contribution < -0.4 is 10.6 Å². The fraction of sp³-hybridized carbons (Fsp3) is 0.917. The highest BCUT2D eigenvalue weighted by atomic mass is 16.5. The zero-order chi connectivity index (χ0) is 12.0. The summed E-state index contributed by atoms with van der Waals surface area (Å²) >= 11 is 0. The number of carbonyl (C=O) groups is 1. The molecule has 2 N–H and O–H groups in total. The van der Waals surface area contributed by atoms with Crippen molar-refractivity contribution in [2.75, 3.05) is 20.2 Å². The second-order valence-electron chi connectivity index (χ2n) is 5.07. The molecule has 0 aromatic rings. The first kappa shape index (κ1) is 13.5. The molecule has 16 heavy (non-hydrogen) atoms. The minimum Gasteiger partial charge on any atom is -0.378 e. The number of rotatable bonds is 6. The first-order valence-corrected chi connectivity index (χ1v) is 6.09. The lowest BCUT2D eigenvalue weighted by molar-refractivity contribution is -0.126. The number of amides is 1. The summed E-state index contributed by atoms with van der Waals surface area (Å²) in [5.74, 6) is 0.0739. The Morgan fingerprint density at radius 2 is 2.31 bits per heavy atom. The van der Waals surface area contributed by atoms with Gasteiger partial charge in [0.25, 0.3) is 0 Å². The molecule has 1 unspecified atom stereocenters. The summed E-state index contributed by atoms with van der Waals surface area (Å²) in [6.45, 7) is 5.72. The van der Waals surface area contributed by atoms with Gasteiger partial charge in [0.2, 0.25) is 5.91 Å². The molecule has 0 spiro atoms. The molecule has 0 bridgehead atoms. The van der Waals surface area contributed by atoms with Crippen LogP contribution in [0.25, 0.3) is 0 Å². The van der Waals surface area contributed by atoms with Crippen LogP contribution in [0.3, 0.4) is 0 Å². The summed E-state index contributed by atoms with van der Waals surface area (Å²) in [4.78, 5) is 11.6. The molecule has 1 amide bonds. The van der Waals surface area contributed by atoms with E-state index in [1.54, 1.807) is 7.11 Å². The third kappa shape index (κ3) is 4.94. The van der Waals surface area contributed by atoms with Crippen LogP contribution >= 0.6 is 0 Å². The molecule has 4 nitrogen and oxygen atoms in total. The zero-order valence-electron chi connectivity index (χ0n) is 10.6. The first-order valence-electron chi connectivity index (χ1n) is 6.09. The van der Waals surface area contributed by atoms with Crippen LogP contribution in [0.5, 0.6) is 0 Å². The van der Waals surface area contributed by atoms with E-state index in [1.807, 2.05) is 13.8 Å². The van der Waals surface area contributed by atoms with Gasteiger partial charge < -0.3 is 15.4 Å². The first-order chi connectivity index (χ1) is 7.53. The van der Waals surface area contributed by atoms with Crippen molar-refractivity contribution in [3.05, 3.63) is 0 Å². The number of nitrogens with one attached hydrogen (secondary N) is 2. The average Bonchev–Trinajstić information content (AvgIpc) is 2.70. The molecule has 0 aromatic heterocycles. The molecule has 1 heterocycles. The Balaban J connectivity index is 2.10. The van der Waals surface area contributed by atoms with Crippen molar-refractivity contribution >= 4 is 5.91 Å². The van der Waals surface area contributed by atoms with Crippen LogP contribution in [0.2, 0.25) is 0 Å². The van der Waals surface area contributed by atoms with Crippen molar-refractivity contribution in [1.29, 1.82) is 0 Å². The lowest BCUT2D eigenvalue weighted by Crippen LogP contribution is -2.35. The van der Waals surface area contributed by atoms with Crippen molar-refractivity contribution in [2.24, 2.45) is 0 Å². The summed E-state index contributed by atoms with van der Waals surface area (Å²) in [6, 6.07) is 0.593. The van der Waals surface area contributed by atoms with Crippen LogP contribution in [-0.2, 0) is 9.53 Å². The Bertz CT molecular complexity index is 223. The molecule has 1 aliphatic rings. The Morgan fingerprint density at radius 3 is 2.88 bits per heavy atom. The van der Waals surface area contributed by atoms with E-state index in [9.17, 15) is 4.79 Å². The molecule has 4 heteroatoms. The van der Waals surface area contributed by atoms with E-state index >= 15 is 0 Å². The largest absolute Gasteiger partial charge is 0.378 e. The minimum atomic E-state index is -0.365. The van der Waals surface area contributed by atoms with Gasteiger partial charge in [-0.25, -0.2) is 0 Å². The van der Waals surface area contributed by atoms with Gasteiger partial charge >= 0.3 is 0 Å². The Labute approximate surface area is 98.1 Å². The molecule has 0 aromatic carbocycles. The van der Waals surface area contributed by atoms with Gasteiger partial charge in [-0.15, -0.1) is 0 Å². The van der Waals surface area contributed by atoms with Gasteiger partial charge in [0.1, 0.15) is 0 Å². The van der Waals surface area contributed by atoms with E-state index in [0.29, 0.717) is 12.5 Å². The Kier molecular flexibility index (Phi) is 5.22. The van der Waals surface area contributed by atoms with Gasteiger partial charge in [0.15, 0.2) is 0 Å². The molecule has 1 aliphatic heterocycles. The van der Waals surface area contributed by atoms with Gasteiger partial charge in [-0.05, 0) is 39.7 Å². The molecule has 1 saturated heterocycles. The van der Waals surface area contributed by atoms with Crippen LogP contribution in [0.15, 0.2) is 0 Å². The normalized spacial score (nSPS) is 21.1. The maximum Gasteiger partial charge on any atom is 0.222 e. The summed E-state index contributed by atoms with van der Waals surface area (Å²) in [5, 5.41) is 6.35. The van der Waals surface area contributed by atoms with Crippen molar-refractivity contribution < 1.29 is 9.53 Å². The molecule has 0 radical (unpaired) electrons. The van der Waals surface area contributed by atoms with Gasteiger partial charge in [-0.3, -0.25) is 4.79 Å². The van der Waals surface area contributed by atoms with Crippen LogP contribution in [0, 0.1) is 0 Å². The van der Waals surface area contributed by atoms with Crippen molar-refractivity contribution in [1.82, 2.24) is 10.6 Å². The standard InChI is InChI=1S/C12H24N2O2/c1-12(2,16-3)9-11(15)14-8-6-10-5-4-7-13-10/h10,13H,4-9H2,1-3H3,(H,14,15). The van der Waals surface area contributed by atoms with Gasteiger partial charge in [-0.2, -0.15) is 0 Å². The fourth-order valence-electron chi connectivity index (χ4n) is 1.91. The zero-order valence-corrected chi connectivity index (χ0v) is 10.6. The molecule has 0 aliphatic carbocycles. The average molecular weight is 228 g/mol. The fourth-order valence-corrected chi connectivity index (χ4v) is 1.91. The quantitative estimate of drug-likeness (QED) is 0.714. The molecule has 0 saturated carbocycles.